The zero-order valence-corrected chi connectivity index (χ0v) is 10.0. The van der Waals surface area contributed by atoms with Crippen LogP contribution in [0.15, 0.2) is 18.2 Å². The summed E-state index contributed by atoms with van der Waals surface area (Å²) in [7, 11) is 1.36. The van der Waals surface area contributed by atoms with Crippen LogP contribution in [0.2, 0.25) is 0 Å². The maximum Gasteiger partial charge on any atom is 0.324 e. The summed E-state index contributed by atoms with van der Waals surface area (Å²) >= 11 is 0. The molecule has 0 atom stereocenters. The van der Waals surface area contributed by atoms with Crippen molar-refractivity contribution in [1.29, 1.82) is 0 Å². The zero-order valence-electron chi connectivity index (χ0n) is 10.0. The van der Waals surface area contributed by atoms with Crippen LogP contribution < -0.4 is 16.4 Å². The lowest BCUT2D eigenvalue weighted by Crippen LogP contribution is -2.35. The second-order valence-electron chi connectivity index (χ2n) is 3.80. The molecule has 4 nitrogen and oxygen atoms in total. The standard InChI is InChI=1S/C11H13F4N3O/c1-17-9(19)7-3-2-6(16)4-8(7)18-5-11(14,15)10(12)13/h2-4,10,18H,5,16H2,1H3,(H,17,19). The Morgan fingerprint density at radius 2 is 2.05 bits per heavy atom. The largest absolute Gasteiger partial charge is 0.399 e. The van der Waals surface area contributed by atoms with Gasteiger partial charge in [-0.3, -0.25) is 4.79 Å². The summed E-state index contributed by atoms with van der Waals surface area (Å²) in [6.07, 6.45) is -3.79. The first kappa shape index (κ1) is 15.1. The number of nitrogens with one attached hydrogen (secondary N) is 2. The average Bonchev–Trinajstić information content (AvgIpc) is 2.35. The summed E-state index contributed by atoms with van der Waals surface area (Å²) in [5.74, 6) is -4.73. The van der Waals surface area contributed by atoms with E-state index < -0.39 is 24.8 Å². The number of benzene rings is 1. The first-order chi connectivity index (χ1) is 8.77. The molecule has 0 aromatic heterocycles. The van der Waals surface area contributed by atoms with Gasteiger partial charge in [0, 0.05) is 18.4 Å². The van der Waals surface area contributed by atoms with Gasteiger partial charge in [0.15, 0.2) is 0 Å². The van der Waals surface area contributed by atoms with E-state index in [4.69, 9.17) is 5.73 Å². The van der Waals surface area contributed by atoms with Gasteiger partial charge in [-0.25, -0.2) is 8.78 Å². The third kappa shape index (κ3) is 3.73. The van der Waals surface area contributed by atoms with Crippen molar-refractivity contribution < 1.29 is 22.4 Å². The summed E-state index contributed by atoms with van der Waals surface area (Å²) in [6.45, 7) is -1.29. The highest BCUT2D eigenvalue weighted by atomic mass is 19.3. The lowest BCUT2D eigenvalue weighted by molar-refractivity contribution is -0.117. The Hall–Kier alpha value is -1.99. The van der Waals surface area contributed by atoms with Crippen molar-refractivity contribution in [2.75, 3.05) is 24.6 Å². The topological polar surface area (TPSA) is 67.2 Å². The lowest BCUT2D eigenvalue weighted by Gasteiger charge is -2.18. The quantitative estimate of drug-likeness (QED) is 0.570. The highest BCUT2D eigenvalue weighted by Gasteiger charge is 2.40. The summed E-state index contributed by atoms with van der Waals surface area (Å²) in [5.41, 5.74) is 5.69. The molecule has 1 rings (SSSR count). The van der Waals surface area contributed by atoms with Crippen molar-refractivity contribution in [3.05, 3.63) is 23.8 Å². The van der Waals surface area contributed by atoms with Crippen LogP contribution in [0.1, 0.15) is 10.4 Å². The molecule has 106 valence electrons. The molecule has 0 bridgehead atoms. The Kier molecular flexibility index (Phi) is 4.57. The van der Waals surface area contributed by atoms with Gasteiger partial charge in [0.1, 0.15) is 0 Å². The van der Waals surface area contributed by atoms with Crippen LogP contribution in [0.3, 0.4) is 0 Å². The minimum Gasteiger partial charge on any atom is -0.399 e. The van der Waals surface area contributed by atoms with Gasteiger partial charge in [0.05, 0.1) is 12.1 Å². The second kappa shape index (κ2) is 5.77. The van der Waals surface area contributed by atoms with Crippen molar-refractivity contribution in [2.45, 2.75) is 12.3 Å². The van der Waals surface area contributed by atoms with Crippen LogP contribution >= 0.6 is 0 Å². The molecule has 1 amide bonds. The van der Waals surface area contributed by atoms with Gasteiger partial charge in [-0.2, -0.15) is 8.78 Å². The molecule has 0 saturated heterocycles. The van der Waals surface area contributed by atoms with E-state index in [1.165, 1.54) is 25.2 Å². The molecule has 1 aromatic rings. The minimum atomic E-state index is -4.19. The molecule has 0 aliphatic rings. The molecule has 0 aliphatic carbocycles. The SMILES string of the molecule is CNC(=O)c1ccc(N)cc1NCC(F)(F)C(F)F. The van der Waals surface area contributed by atoms with Crippen LogP contribution in [0.4, 0.5) is 28.9 Å². The number of halogens is 4. The summed E-state index contributed by atoms with van der Waals surface area (Å²) in [6, 6.07) is 3.95. The van der Waals surface area contributed by atoms with Gasteiger partial charge in [-0.15, -0.1) is 0 Å². The smallest absolute Gasteiger partial charge is 0.324 e. The lowest BCUT2D eigenvalue weighted by atomic mass is 10.1. The first-order valence-electron chi connectivity index (χ1n) is 5.29. The van der Waals surface area contributed by atoms with E-state index in [-0.39, 0.29) is 16.9 Å². The highest BCUT2D eigenvalue weighted by molar-refractivity contribution is 6.00. The number of amides is 1. The Bertz CT molecular complexity index is 465. The zero-order chi connectivity index (χ0) is 14.6. The number of rotatable bonds is 5. The van der Waals surface area contributed by atoms with E-state index >= 15 is 0 Å². The van der Waals surface area contributed by atoms with Gasteiger partial charge in [0.25, 0.3) is 5.91 Å². The Morgan fingerprint density at radius 3 is 2.58 bits per heavy atom. The van der Waals surface area contributed by atoms with Crippen molar-refractivity contribution in [3.8, 4) is 0 Å². The fourth-order valence-corrected chi connectivity index (χ4v) is 1.33. The van der Waals surface area contributed by atoms with Crippen molar-refractivity contribution in [2.24, 2.45) is 0 Å². The van der Waals surface area contributed by atoms with E-state index in [0.29, 0.717) is 0 Å². The van der Waals surface area contributed by atoms with Gasteiger partial charge < -0.3 is 16.4 Å². The number of alkyl halides is 4. The summed E-state index contributed by atoms with van der Waals surface area (Å²) in [5, 5.41) is 4.43. The number of hydrogen-bond acceptors (Lipinski definition) is 3. The molecule has 8 heteroatoms. The number of nitrogen functional groups attached to an aromatic ring is 1. The number of anilines is 2. The molecule has 0 saturated carbocycles. The molecule has 1 aromatic carbocycles. The highest BCUT2D eigenvalue weighted by Crippen LogP contribution is 2.25. The number of carbonyl (C=O) groups is 1. The van der Waals surface area contributed by atoms with Gasteiger partial charge in [-0.05, 0) is 18.2 Å². The molecule has 0 unspecified atom stereocenters. The van der Waals surface area contributed by atoms with Crippen LogP contribution in [0, 0.1) is 0 Å². The van der Waals surface area contributed by atoms with Crippen LogP contribution in [-0.2, 0) is 0 Å². The first-order valence-corrected chi connectivity index (χ1v) is 5.29. The van der Waals surface area contributed by atoms with E-state index in [2.05, 4.69) is 10.6 Å². The Labute approximate surface area is 107 Å². The number of hydrogen-bond donors (Lipinski definition) is 3. The normalized spacial score (nSPS) is 11.5. The van der Waals surface area contributed by atoms with Gasteiger partial charge in [-0.1, -0.05) is 0 Å². The summed E-state index contributed by atoms with van der Waals surface area (Å²) in [4.78, 5) is 11.5. The third-order valence-electron chi connectivity index (χ3n) is 2.35. The molecule has 4 N–H and O–H groups in total. The van der Waals surface area contributed by atoms with Crippen LogP contribution in [-0.4, -0.2) is 31.8 Å². The van der Waals surface area contributed by atoms with Crippen LogP contribution in [0.5, 0.6) is 0 Å². The maximum atomic E-state index is 12.8. The van der Waals surface area contributed by atoms with Crippen molar-refractivity contribution in [1.82, 2.24) is 5.32 Å². The molecule has 0 spiro atoms. The average molecular weight is 279 g/mol. The number of nitrogens with two attached hydrogens (primary N) is 1. The molecule has 0 radical (unpaired) electrons. The van der Waals surface area contributed by atoms with E-state index in [1.54, 1.807) is 0 Å². The minimum absolute atomic E-state index is 0.0281. The maximum absolute atomic E-state index is 12.8. The van der Waals surface area contributed by atoms with E-state index in [0.717, 1.165) is 0 Å². The van der Waals surface area contributed by atoms with E-state index in [1.807, 2.05) is 0 Å². The van der Waals surface area contributed by atoms with Gasteiger partial charge in [0.2, 0.25) is 0 Å². The fourth-order valence-electron chi connectivity index (χ4n) is 1.33. The Morgan fingerprint density at radius 1 is 1.42 bits per heavy atom. The van der Waals surface area contributed by atoms with Crippen LogP contribution in [0.25, 0.3) is 0 Å². The molecule has 19 heavy (non-hydrogen) atoms. The van der Waals surface area contributed by atoms with Gasteiger partial charge >= 0.3 is 12.3 Å². The summed E-state index contributed by atoms with van der Waals surface area (Å²) < 4.78 is 49.7. The monoisotopic (exact) mass is 279 g/mol. The molecule has 0 aliphatic heterocycles. The Balaban J connectivity index is 2.94. The molecular formula is C11H13F4N3O. The number of carbonyl (C=O) groups excluding carboxylic acids is 1. The van der Waals surface area contributed by atoms with E-state index in [9.17, 15) is 22.4 Å². The molecular weight excluding hydrogens is 266 g/mol. The predicted octanol–water partition coefficient (Wildman–Crippen LogP) is 1.94. The second-order valence-corrected chi connectivity index (χ2v) is 3.80. The van der Waals surface area contributed by atoms with Crippen molar-refractivity contribution in [3.63, 3.8) is 0 Å². The molecule has 0 fully saturated rings. The predicted molar refractivity (Wildman–Crippen MR) is 63.7 cm³/mol. The molecule has 0 heterocycles. The third-order valence-corrected chi connectivity index (χ3v) is 2.35. The van der Waals surface area contributed by atoms with Crippen molar-refractivity contribution >= 4 is 17.3 Å². The fraction of sp³-hybridized carbons (Fsp3) is 0.364.